The first-order valence-electron chi connectivity index (χ1n) is 5.51. The SMILES string of the molecule is CC(=O)OCC(O)CO.C[N+](C)(C)CCO[PH2]=O. The Labute approximate surface area is 109 Å². The van der Waals surface area contributed by atoms with Gasteiger partial charge in [0, 0.05) is 6.92 Å². The highest BCUT2D eigenvalue weighted by Crippen LogP contribution is 1.96. The minimum Gasteiger partial charge on any atom is -0.463 e. The molecule has 2 unspecified atom stereocenters. The predicted molar refractivity (Wildman–Crippen MR) is 69.0 cm³/mol. The second-order valence-electron chi connectivity index (χ2n) is 4.62. The molecular formula is C10H25NO6P+. The van der Waals surface area contributed by atoms with Crippen molar-refractivity contribution in [1.29, 1.82) is 0 Å². The second kappa shape index (κ2) is 11.6. The lowest BCUT2D eigenvalue weighted by atomic mass is 10.4. The molecule has 0 aliphatic carbocycles. The lowest BCUT2D eigenvalue weighted by molar-refractivity contribution is -0.870. The van der Waals surface area contributed by atoms with Gasteiger partial charge in [0.2, 0.25) is 0 Å². The average Bonchev–Trinajstić information content (AvgIpc) is 2.25. The lowest BCUT2D eigenvalue weighted by Crippen LogP contribution is -2.37. The number of aliphatic hydroxyl groups excluding tert-OH is 2. The minimum absolute atomic E-state index is 0.133. The van der Waals surface area contributed by atoms with Crippen molar-refractivity contribution in [3.8, 4) is 0 Å². The molecule has 0 saturated heterocycles. The quantitative estimate of drug-likeness (QED) is 0.278. The van der Waals surface area contributed by atoms with Crippen LogP contribution >= 0.6 is 8.69 Å². The van der Waals surface area contributed by atoms with Crippen molar-refractivity contribution < 1.29 is 33.3 Å². The molecule has 0 radical (unpaired) electrons. The highest BCUT2D eigenvalue weighted by atomic mass is 31.1. The van der Waals surface area contributed by atoms with Crippen molar-refractivity contribution in [2.45, 2.75) is 13.0 Å². The number of ether oxygens (including phenoxy) is 1. The zero-order valence-electron chi connectivity index (χ0n) is 11.5. The van der Waals surface area contributed by atoms with Crippen LogP contribution in [0.5, 0.6) is 0 Å². The van der Waals surface area contributed by atoms with Gasteiger partial charge in [0.1, 0.15) is 25.9 Å². The molecule has 8 heteroatoms. The van der Waals surface area contributed by atoms with Gasteiger partial charge in [-0.25, -0.2) is 0 Å². The standard InChI is InChI=1S/C5H15NO2P.C5H10O4/c1-6(2,3)4-5-8-9-7;1-4(7)9-3-5(8)2-6/h4-5,9H2,1-3H3;5-6,8H,2-3H2,1H3/q+1;. The van der Waals surface area contributed by atoms with E-state index < -0.39 is 20.8 Å². The van der Waals surface area contributed by atoms with Crippen LogP contribution in [0, 0.1) is 0 Å². The molecule has 2 N–H and O–H groups in total. The van der Waals surface area contributed by atoms with Crippen molar-refractivity contribution in [2.24, 2.45) is 0 Å². The first-order chi connectivity index (χ1) is 8.22. The van der Waals surface area contributed by atoms with Gasteiger partial charge in [0.15, 0.2) is 8.69 Å². The number of likely N-dealkylation sites (N-methyl/N-ethyl adjacent to an activating group) is 1. The van der Waals surface area contributed by atoms with E-state index in [4.69, 9.17) is 14.7 Å². The molecule has 0 aromatic rings. The van der Waals surface area contributed by atoms with E-state index in [1.807, 2.05) is 0 Å². The van der Waals surface area contributed by atoms with Gasteiger partial charge in [-0.3, -0.25) is 9.36 Å². The Hall–Kier alpha value is -0.460. The molecule has 0 saturated carbocycles. The molecule has 0 heterocycles. The second-order valence-corrected chi connectivity index (χ2v) is 5.15. The molecule has 7 nitrogen and oxygen atoms in total. The average molecular weight is 286 g/mol. The van der Waals surface area contributed by atoms with E-state index in [1.54, 1.807) is 0 Å². The Morgan fingerprint density at radius 2 is 1.94 bits per heavy atom. The van der Waals surface area contributed by atoms with Gasteiger partial charge in [-0.15, -0.1) is 0 Å². The molecule has 18 heavy (non-hydrogen) atoms. The van der Waals surface area contributed by atoms with Gasteiger partial charge in [0.05, 0.1) is 27.7 Å². The largest absolute Gasteiger partial charge is 0.463 e. The van der Waals surface area contributed by atoms with Gasteiger partial charge in [0.25, 0.3) is 0 Å². The topological polar surface area (TPSA) is 93.1 Å². The van der Waals surface area contributed by atoms with Crippen molar-refractivity contribution >= 4 is 14.7 Å². The molecule has 0 fully saturated rings. The van der Waals surface area contributed by atoms with Crippen LogP contribution in [0.15, 0.2) is 0 Å². The van der Waals surface area contributed by atoms with Gasteiger partial charge in [-0.1, -0.05) is 0 Å². The third kappa shape index (κ3) is 20.9. The highest BCUT2D eigenvalue weighted by molar-refractivity contribution is 7.17. The molecule has 0 amide bonds. The van der Waals surface area contributed by atoms with Crippen LogP contribution in [0.1, 0.15) is 6.92 Å². The maximum atomic E-state index is 10.0. The van der Waals surface area contributed by atoms with E-state index in [9.17, 15) is 9.36 Å². The van der Waals surface area contributed by atoms with Gasteiger partial charge < -0.3 is 24.0 Å². The first kappa shape index (κ1) is 19.9. The summed E-state index contributed by atoms with van der Waals surface area (Å²) in [6.45, 7) is 2.24. The zero-order valence-corrected chi connectivity index (χ0v) is 12.6. The Morgan fingerprint density at radius 1 is 1.39 bits per heavy atom. The number of hydrogen-bond acceptors (Lipinski definition) is 6. The van der Waals surface area contributed by atoms with E-state index in [1.165, 1.54) is 6.92 Å². The summed E-state index contributed by atoms with van der Waals surface area (Å²) in [5.41, 5.74) is 0. The maximum absolute atomic E-state index is 10.0. The van der Waals surface area contributed by atoms with E-state index in [2.05, 4.69) is 25.9 Å². The number of esters is 1. The van der Waals surface area contributed by atoms with Gasteiger partial charge in [-0.05, 0) is 0 Å². The number of carbonyl (C=O) groups excluding carboxylic acids is 1. The predicted octanol–water partition coefficient (Wildman–Crippen LogP) is -0.717. The summed E-state index contributed by atoms with van der Waals surface area (Å²) in [4.78, 5) is 10.0. The number of hydrogen-bond donors (Lipinski definition) is 2. The van der Waals surface area contributed by atoms with E-state index in [0.717, 1.165) is 11.0 Å². The Morgan fingerprint density at radius 3 is 2.28 bits per heavy atom. The zero-order chi connectivity index (χ0) is 14.6. The number of aliphatic hydroxyl groups is 2. The molecule has 0 aliphatic rings. The van der Waals surface area contributed by atoms with Crippen LogP contribution in [-0.4, -0.2) is 74.3 Å². The summed E-state index contributed by atoms with van der Waals surface area (Å²) < 4.78 is 19.8. The normalized spacial score (nSPS) is 13.0. The maximum Gasteiger partial charge on any atom is 0.302 e. The molecule has 0 aromatic heterocycles. The van der Waals surface area contributed by atoms with Crippen LogP contribution in [0.2, 0.25) is 0 Å². The van der Waals surface area contributed by atoms with Crippen molar-refractivity contribution in [1.82, 2.24) is 0 Å². The molecule has 110 valence electrons. The molecule has 2 atom stereocenters. The summed E-state index contributed by atoms with van der Waals surface area (Å²) in [5, 5.41) is 16.8. The smallest absolute Gasteiger partial charge is 0.302 e. The van der Waals surface area contributed by atoms with Crippen LogP contribution in [-0.2, 0) is 18.6 Å². The molecular weight excluding hydrogens is 261 g/mol. The van der Waals surface area contributed by atoms with Crippen LogP contribution in [0.4, 0.5) is 0 Å². The number of quaternary nitrogens is 1. The fraction of sp³-hybridized carbons (Fsp3) is 0.900. The van der Waals surface area contributed by atoms with Crippen LogP contribution < -0.4 is 0 Å². The molecule has 0 aliphatic heterocycles. The summed E-state index contributed by atoms with van der Waals surface area (Å²) in [5.74, 6) is -0.456. The van der Waals surface area contributed by atoms with Crippen molar-refractivity contribution in [3.05, 3.63) is 0 Å². The molecule has 0 aromatic carbocycles. The molecule has 0 rings (SSSR count). The fourth-order valence-corrected chi connectivity index (χ4v) is 0.843. The Bertz CT molecular complexity index is 231. The van der Waals surface area contributed by atoms with Gasteiger partial charge in [-0.2, -0.15) is 0 Å². The van der Waals surface area contributed by atoms with E-state index >= 15 is 0 Å². The summed E-state index contributed by atoms with van der Waals surface area (Å²) in [7, 11) is 5.20. The fourth-order valence-electron chi connectivity index (χ4n) is 0.641. The molecule has 0 bridgehead atoms. The Kier molecular flexibility index (Phi) is 12.8. The van der Waals surface area contributed by atoms with Gasteiger partial charge >= 0.3 is 5.97 Å². The lowest BCUT2D eigenvalue weighted by Gasteiger charge is -2.22. The third-order valence-electron chi connectivity index (χ3n) is 1.64. The van der Waals surface area contributed by atoms with Crippen LogP contribution in [0.25, 0.3) is 0 Å². The highest BCUT2D eigenvalue weighted by Gasteiger charge is 2.04. The Balaban J connectivity index is 0. The van der Waals surface area contributed by atoms with E-state index in [0.29, 0.717) is 6.61 Å². The number of nitrogens with zero attached hydrogens (tertiary/aromatic N) is 1. The van der Waals surface area contributed by atoms with Crippen molar-refractivity contribution in [3.63, 3.8) is 0 Å². The monoisotopic (exact) mass is 286 g/mol. The summed E-state index contributed by atoms with van der Waals surface area (Å²) in [6.07, 6.45) is -0.950. The van der Waals surface area contributed by atoms with Crippen LogP contribution in [0.3, 0.4) is 0 Å². The van der Waals surface area contributed by atoms with E-state index in [-0.39, 0.29) is 13.2 Å². The summed E-state index contributed by atoms with van der Waals surface area (Å²) in [6, 6.07) is 0. The minimum atomic E-state index is -1.02. The van der Waals surface area contributed by atoms with Crippen molar-refractivity contribution in [2.75, 3.05) is 47.5 Å². The number of carbonyl (C=O) groups is 1. The first-order valence-corrected chi connectivity index (χ1v) is 6.45. The third-order valence-corrected chi connectivity index (χ3v) is 2.01. The summed E-state index contributed by atoms with van der Waals surface area (Å²) >= 11 is 0. The molecule has 0 spiro atoms. The number of rotatable bonds is 7.